The van der Waals surface area contributed by atoms with E-state index >= 15 is 0 Å². The van der Waals surface area contributed by atoms with Crippen molar-refractivity contribution in [3.63, 3.8) is 0 Å². The minimum Gasteiger partial charge on any atom is -0.461 e. The molecule has 0 unspecified atom stereocenters. The molecule has 5 nitrogen and oxygen atoms in total. The molecule has 1 fully saturated rings. The van der Waals surface area contributed by atoms with Gasteiger partial charge in [0.25, 0.3) is 0 Å². The number of esters is 1. The second-order valence-electron chi connectivity index (χ2n) is 4.19. The van der Waals surface area contributed by atoms with Crippen molar-refractivity contribution in [1.29, 1.82) is 5.26 Å². The first-order chi connectivity index (χ1) is 8.22. The normalized spacial score (nSPS) is 14.3. The molecule has 0 bridgehead atoms. The molecule has 0 amide bonds. The Kier molecular flexibility index (Phi) is 3.33. The van der Waals surface area contributed by atoms with Crippen LogP contribution in [0.15, 0.2) is 12.3 Å². The van der Waals surface area contributed by atoms with Crippen LogP contribution in [0.4, 0.5) is 5.69 Å². The number of rotatable bonds is 5. The fraction of sp³-hybridized carbons (Fsp3) is 0.500. The topological polar surface area (TPSA) is 81.0 Å². The molecule has 0 saturated heterocycles. The van der Waals surface area contributed by atoms with E-state index in [4.69, 9.17) is 15.7 Å². The van der Waals surface area contributed by atoms with E-state index in [1.807, 2.05) is 10.6 Å². The summed E-state index contributed by atoms with van der Waals surface area (Å²) in [6, 6.07) is 4.05. The smallest absolute Gasteiger partial charge is 0.355 e. The molecular formula is C12H15N3O2. The Morgan fingerprint density at radius 2 is 2.41 bits per heavy atom. The summed E-state index contributed by atoms with van der Waals surface area (Å²) in [6.07, 6.45) is 4.93. The Labute approximate surface area is 99.8 Å². The molecule has 2 N–H and O–H groups in total. The number of hydrogen-bond donors (Lipinski definition) is 1. The number of nitrogens with two attached hydrogens (primary N) is 1. The molecule has 90 valence electrons. The lowest BCUT2D eigenvalue weighted by Crippen LogP contribution is -2.11. The molecule has 1 aliphatic carbocycles. The molecule has 1 aromatic rings. The van der Waals surface area contributed by atoms with Gasteiger partial charge in [0, 0.05) is 18.7 Å². The van der Waals surface area contributed by atoms with E-state index in [9.17, 15) is 4.79 Å². The van der Waals surface area contributed by atoms with Crippen LogP contribution >= 0.6 is 0 Å². The molecule has 0 spiro atoms. The lowest BCUT2D eigenvalue weighted by atomic mass is 10.3. The SMILES string of the molecule is N#CCCCOC(=O)c1cc(N)cn1C1CC1. The number of carbonyl (C=O) groups excluding carboxylic acids is 1. The molecule has 0 atom stereocenters. The Morgan fingerprint density at radius 1 is 1.65 bits per heavy atom. The molecule has 0 aromatic carbocycles. The number of nitriles is 1. The number of ether oxygens (including phenoxy) is 1. The molecule has 0 radical (unpaired) electrons. The van der Waals surface area contributed by atoms with Crippen LogP contribution in [0.3, 0.4) is 0 Å². The number of aromatic nitrogens is 1. The van der Waals surface area contributed by atoms with Crippen LogP contribution in [0, 0.1) is 11.3 Å². The second-order valence-corrected chi connectivity index (χ2v) is 4.19. The molecule has 2 rings (SSSR count). The first-order valence-corrected chi connectivity index (χ1v) is 5.74. The minimum absolute atomic E-state index is 0.280. The highest BCUT2D eigenvalue weighted by atomic mass is 16.5. The van der Waals surface area contributed by atoms with Crippen molar-refractivity contribution in [2.75, 3.05) is 12.3 Å². The second kappa shape index (κ2) is 4.91. The molecule has 0 aliphatic heterocycles. The van der Waals surface area contributed by atoms with Gasteiger partial charge in [-0.2, -0.15) is 5.26 Å². The van der Waals surface area contributed by atoms with Crippen LogP contribution in [0.5, 0.6) is 0 Å². The number of anilines is 1. The van der Waals surface area contributed by atoms with Crippen molar-refractivity contribution in [1.82, 2.24) is 4.57 Å². The maximum absolute atomic E-state index is 11.8. The standard InChI is InChI=1S/C12H15N3O2/c13-5-1-2-6-17-12(16)11-7-9(14)8-15(11)10-3-4-10/h7-8,10H,1-4,6,14H2. The van der Waals surface area contributed by atoms with Crippen molar-refractivity contribution in [2.24, 2.45) is 0 Å². The zero-order valence-corrected chi connectivity index (χ0v) is 9.56. The van der Waals surface area contributed by atoms with Gasteiger partial charge < -0.3 is 15.0 Å². The van der Waals surface area contributed by atoms with Crippen LogP contribution in [-0.2, 0) is 4.74 Å². The summed E-state index contributed by atoms with van der Waals surface area (Å²) in [5, 5.41) is 8.37. The van der Waals surface area contributed by atoms with E-state index in [1.165, 1.54) is 0 Å². The van der Waals surface area contributed by atoms with Crippen LogP contribution in [-0.4, -0.2) is 17.1 Å². The number of nitrogen functional groups attached to an aromatic ring is 1. The minimum atomic E-state index is -0.355. The summed E-state index contributed by atoms with van der Waals surface area (Å²) in [6.45, 7) is 0.280. The van der Waals surface area contributed by atoms with Gasteiger partial charge in [0.1, 0.15) is 5.69 Å². The number of unbranched alkanes of at least 4 members (excludes halogenated alkanes) is 1. The first kappa shape index (κ1) is 11.5. The lowest BCUT2D eigenvalue weighted by Gasteiger charge is -2.07. The number of nitrogens with zero attached hydrogens (tertiary/aromatic N) is 2. The van der Waals surface area contributed by atoms with Gasteiger partial charge in [-0.05, 0) is 25.3 Å². The van der Waals surface area contributed by atoms with Crippen LogP contribution in [0.25, 0.3) is 0 Å². The maximum Gasteiger partial charge on any atom is 0.355 e. The number of carbonyl (C=O) groups is 1. The zero-order chi connectivity index (χ0) is 12.3. The van der Waals surface area contributed by atoms with Crippen molar-refractivity contribution in [3.8, 4) is 6.07 Å². The van der Waals surface area contributed by atoms with Crippen LogP contribution in [0.1, 0.15) is 42.2 Å². The van der Waals surface area contributed by atoms with E-state index in [0.29, 0.717) is 30.3 Å². The van der Waals surface area contributed by atoms with Crippen molar-refractivity contribution >= 4 is 11.7 Å². The quantitative estimate of drug-likeness (QED) is 0.621. The van der Waals surface area contributed by atoms with Gasteiger partial charge in [-0.25, -0.2) is 4.79 Å². The molecule has 1 saturated carbocycles. The van der Waals surface area contributed by atoms with E-state index in [0.717, 1.165) is 12.8 Å². The van der Waals surface area contributed by atoms with Crippen molar-refractivity contribution < 1.29 is 9.53 Å². The average molecular weight is 233 g/mol. The third kappa shape index (κ3) is 2.78. The van der Waals surface area contributed by atoms with Crippen LogP contribution in [0.2, 0.25) is 0 Å². The first-order valence-electron chi connectivity index (χ1n) is 5.74. The Bertz CT molecular complexity index is 455. The van der Waals surface area contributed by atoms with Gasteiger partial charge >= 0.3 is 5.97 Å². The highest BCUT2D eigenvalue weighted by Crippen LogP contribution is 2.37. The Morgan fingerprint density at radius 3 is 3.06 bits per heavy atom. The van der Waals surface area contributed by atoms with E-state index in [-0.39, 0.29) is 12.6 Å². The maximum atomic E-state index is 11.8. The number of hydrogen-bond acceptors (Lipinski definition) is 4. The fourth-order valence-electron chi connectivity index (χ4n) is 1.71. The average Bonchev–Trinajstić information content (AvgIpc) is 3.08. The largest absolute Gasteiger partial charge is 0.461 e. The molecule has 1 aliphatic rings. The van der Waals surface area contributed by atoms with Gasteiger partial charge in [0.15, 0.2) is 0 Å². The molecule has 1 aromatic heterocycles. The van der Waals surface area contributed by atoms with Gasteiger partial charge in [0.05, 0.1) is 18.4 Å². The molecule has 1 heterocycles. The summed E-state index contributed by atoms with van der Waals surface area (Å²) in [5.74, 6) is -0.355. The summed E-state index contributed by atoms with van der Waals surface area (Å²) >= 11 is 0. The van der Waals surface area contributed by atoms with E-state index in [1.54, 1.807) is 12.3 Å². The Balaban J connectivity index is 1.96. The molecule has 5 heteroatoms. The predicted molar refractivity (Wildman–Crippen MR) is 62.2 cm³/mol. The highest BCUT2D eigenvalue weighted by molar-refractivity contribution is 5.89. The monoisotopic (exact) mass is 233 g/mol. The molecule has 17 heavy (non-hydrogen) atoms. The van der Waals surface area contributed by atoms with Crippen LogP contribution < -0.4 is 5.73 Å². The summed E-state index contributed by atoms with van der Waals surface area (Å²) in [5.41, 5.74) is 6.79. The van der Waals surface area contributed by atoms with Crippen molar-refractivity contribution in [3.05, 3.63) is 18.0 Å². The zero-order valence-electron chi connectivity index (χ0n) is 9.56. The third-order valence-corrected chi connectivity index (χ3v) is 2.69. The van der Waals surface area contributed by atoms with E-state index < -0.39 is 0 Å². The summed E-state index contributed by atoms with van der Waals surface area (Å²) < 4.78 is 6.99. The van der Waals surface area contributed by atoms with E-state index in [2.05, 4.69) is 0 Å². The summed E-state index contributed by atoms with van der Waals surface area (Å²) in [7, 11) is 0. The molecular weight excluding hydrogens is 218 g/mol. The van der Waals surface area contributed by atoms with Gasteiger partial charge in [-0.15, -0.1) is 0 Å². The highest BCUT2D eigenvalue weighted by Gasteiger charge is 2.28. The van der Waals surface area contributed by atoms with Gasteiger partial charge in [-0.3, -0.25) is 0 Å². The Hall–Kier alpha value is -1.96. The van der Waals surface area contributed by atoms with Gasteiger partial charge in [-0.1, -0.05) is 0 Å². The summed E-state index contributed by atoms with van der Waals surface area (Å²) in [4.78, 5) is 11.8. The fourth-order valence-corrected chi connectivity index (χ4v) is 1.71. The predicted octanol–water partition coefficient (Wildman–Crippen LogP) is 1.87. The van der Waals surface area contributed by atoms with Gasteiger partial charge in [0.2, 0.25) is 0 Å². The third-order valence-electron chi connectivity index (χ3n) is 2.69. The lowest BCUT2D eigenvalue weighted by molar-refractivity contribution is 0.0489. The van der Waals surface area contributed by atoms with Crippen molar-refractivity contribution in [2.45, 2.75) is 31.7 Å².